The first-order chi connectivity index (χ1) is 8.03. The number of unbranched alkanes of at least 4 members (excludes halogenated alkanes) is 2. The van der Waals surface area contributed by atoms with Crippen molar-refractivity contribution in [1.82, 2.24) is 0 Å². The molecule has 0 aliphatic heterocycles. The van der Waals surface area contributed by atoms with E-state index in [1.807, 2.05) is 6.92 Å². The Labute approximate surface area is 120 Å². The molecule has 4 heteroatoms. The first-order valence-corrected chi connectivity index (χ1v) is 11.4. The first-order valence-electron chi connectivity index (χ1n) is 6.18. The third-order valence-corrected chi connectivity index (χ3v) is 5.45. The zero-order chi connectivity index (χ0) is 12.7. The predicted molar refractivity (Wildman–Crippen MR) is 80.8 cm³/mol. The summed E-state index contributed by atoms with van der Waals surface area (Å²) in [5, 5.41) is 0. The molecule has 0 radical (unpaired) electrons. The van der Waals surface area contributed by atoms with Crippen molar-refractivity contribution in [2.45, 2.75) is 51.5 Å². The van der Waals surface area contributed by atoms with Crippen LogP contribution in [0.4, 0.5) is 0 Å². The highest BCUT2D eigenvalue weighted by Crippen LogP contribution is 2.40. The molecule has 0 aromatic rings. The molecule has 0 N–H and O–H groups in total. The summed E-state index contributed by atoms with van der Waals surface area (Å²) in [6.07, 6.45) is 9.25. The van der Waals surface area contributed by atoms with Crippen LogP contribution in [0.1, 0.15) is 45.4 Å². The molecule has 96 valence electrons. The second kappa shape index (κ2) is 7.74. The van der Waals surface area contributed by atoms with Crippen molar-refractivity contribution >= 4 is 39.2 Å². The number of hydrogen-bond acceptors (Lipinski definition) is 0. The molecule has 1 aliphatic rings. The zero-order valence-corrected chi connectivity index (χ0v) is 13.5. The molecule has 1 fully saturated rings. The van der Waals surface area contributed by atoms with Gasteiger partial charge >= 0.3 is 6.00 Å². The van der Waals surface area contributed by atoms with E-state index in [4.69, 9.17) is 33.2 Å². The molecule has 0 saturated heterocycles. The van der Waals surface area contributed by atoms with Gasteiger partial charge in [-0.2, -0.15) is 0 Å². The largest absolute Gasteiger partial charge is 0.342 e. The summed E-state index contributed by atoms with van der Waals surface area (Å²) in [5.74, 6) is 6.54. The molecule has 0 bridgehead atoms. The van der Waals surface area contributed by atoms with E-state index < -0.39 is 6.00 Å². The molecule has 1 unspecified atom stereocenters. The second-order valence-corrected chi connectivity index (χ2v) is 13.7. The molecular formula is C13H19Cl3Si. The fourth-order valence-electron chi connectivity index (χ4n) is 2.33. The SMILES string of the molecule is CC#CCCC/C=C1\CCCC1C[Si](Cl)(Cl)Cl. The Morgan fingerprint density at radius 2 is 2.18 bits per heavy atom. The Morgan fingerprint density at radius 3 is 2.82 bits per heavy atom. The Morgan fingerprint density at radius 1 is 1.41 bits per heavy atom. The molecule has 1 atom stereocenters. The highest BCUT2D eigenvalue weighted by Gasteiger charge is 2.33. The average Bonchev–Trinajstić information content (AvgIpc) is 2.63. The molecule has 0 spiro atoms. The lowest BCUT2D eigenvalue weighted by Gasteiger charge is -2.16. The van der Waals surface area contributed by atoms with Crippen LogP contribution in [0.3, 0.4) is 0 Å². The van der Waals surface area contributed by atoms with Crippen molar-refractivity contribution in [2.75, 3.05) is 0 Å². The molecule has 0 aromatic carbocycles. The summed E-state index contributed by atoms with van der Waals surface area (Å²) in [4.78, 5) is 0. The van der Waals surface area contributed by atoms with Crippen molar-refractivity contribution < 1.29 is 0 Å². The van der Waals surface area contributed by atoms with Gasteiger partial charge in [-0.1, -0.05) is 11.6 Å². The van der Waals surface area contributed by atoms with E-state index in [2.05, 4.69) is 17.9 Å². The Bertz CT molecular complexity index is 320. The summed E-state index contributed by atoms with van der Waals surface area (Å²) < 4.78 is 0. The van der Waals surface area contributed by atoms with Crippen molar-refractivity contribution in [3.63, 3.8) is 0 Å². The highest BCUT2D eigenvalue weighted by atomic mass is 35.8. The summed E-state index contributed by atoms with van der Waals surface area (Å²) in [7, 11) is 0. The number of allylic oxidation sites excluding steroid dienone is 2. The number of rotatable bonds is 5. The van der Waals surface area contributed by atoms with E-state index in [9.17, 15) is 0 Å². The Hall–Kier alpha value is 0.387. The molecule has 0 amide bonds. The fraction of sp³-hybridized carbons (Fsp3) is 0.692. The van der Waals surface area contributed by atoms with Crippen LogP contribution >= 0.6 is 33.2 Å². The number of halogens is 3. The number of hydrogen-bond donors (Lipinski definition) is 0. The maximum Gasteiger partial charge on any atom is 0.342 e. The van der Waals surface area contributed by atoms with Gasteiger partial charge in [-0.3, -0.25) is 0 Å². The average molecular weight is 310 g/mol. The van der Waals surface area contributed by atoms with E-state index in [1.54, 1.807) is 0 Å². The second-order valence-electron chi connectivity index (χ2n) is 4.51. The maximum atomic E-state index is 6.01. The molecule has 0 nitrogen and oxygen atoms in total. The molecule has 17 heavy (non-hydrogen) atoms. The van der Waals surface area contributed by atoms with Gasteiger partial charge < -0.3 is 0 Å². The molecular weight excluding hydrogens is 291 g/mol. The monoisotopic (exact) mass is 308 g/mol. The third-order valence-electron chi connectivity index (χ3n) is 3.11. The fourth-order valence-corrected chi connectivity index (χ4v) is 5.03. The van der Waals surface area contributed by atoms with E-state index in [0.717, 1.165) is 25.3 Å². The first kappa shape index (κ1) is 15.4. The van der Waals surface area contributed by atoms with E-state index in [1.165, 1.54) is 24.8 Å². The van der Waals surface area contributed by atoms with Gasteiger partial charge in [0.25, 0.3) is 0 Å². The van der Waals surface area contributed by atoms with Crippen LogP contribution in [-0.4, -0.2) is 6.00 Å². The molecule has 1 aliphatic carbocycles. The zero-order valence-electron chi connectivity index (χ0n) is 10.2. The van der Waals surface area contributed by atoms with Gasteiger partial charge in [0.1, 0.15) is 0 Å². The van der Waals surface area contributed by atoms with Gasteiger partial charge in [0.15, 0.2) is 0 Å². The lowest BCUT2D eigenvalue weighted by atomic mass is 10.0. The lowest BCUT2D eigenvalue weighted by molar-refractivity contribution is 0.687. The minimum absolute atomic E-state index is 0.534. The van der Waals surface area contributed by atoms with Crippen molar-refractivity contribution in [1.29, 1.82) is 0 Å². The normalized spacial score (nSPS) is 22.6. The van der Waals surface area contributed by atoms with Crippen molar-refractivity contribution in [3.8, 4) is 11.8 Å². The van der Waals surface area contributed by atoms with Gasteiger partial charge in [-0.25, -0.2) is 0 Å². The quantitative estimate of drug-likeness (QED) is 0.205. The maximum absolute atomic E-state index is 6.01. The van der Waals surface area contributed by atoms with Gasteiger partial charge in [-0.05, 0) is 51.0 Å². The summed E-state index contributed by atoms with van der Waals surface area (Å²) in [5.41, 5.74) is 1.52. The van der Waals surface area contributed by atoms with Gasteiger partial charge in [-0.15, -0.1) is 45.1 Å². The summed E-state index contributed by atoms with van der Waals surface area (Å²) in [6.45, 7) is 1.89. The van der Waals surface area contributed by atoms with E-state index in [0.29, 0.717) is 5.92 Å². The van der Waals surface area contributed by atoms with Crippen LogP contribution in [0.15, 0.2) is 11.6 Å². The van der Waals surface area contributed by atoms with Crippen LogP contribution in [0, 0.1) is 17.8 Å². The molecule has 1 saturated carbocycles. The third kappa shape index (κ3) is 6.77. The predicted octanol–water partition coefficient (Wildman–Crippen LogP) is 5.56. The molecule has 0 heterocycles. The van der Waals surface area contributed by atoms with Crippen LogP contribution in [0.2, 0.25) is 6.04 Å². The van der Waals surface area contributed by atoms with Crippen molar-refractivity contribution in [2.24, 2.45) is 5.92 Å². The van der Waals surface area contributed by atoms with Crippen LogP contribution in [0.5, 0.6) is 0 Å². The minimum Gasteiger partial charge on any atom is -0.126 e. The summed E-state index contributed by atoms with van der Waals surface area (Å²) >= 11 is 18.0. The van der Waals surface area contributed by atoms with Crippen LogP contribution in [0.25, 0.3) is 0 Å². The Balaban J connectivity index is 2.39. The lowest BCUT2D eigenvalue weighted by Crippen LogP contribution is -2.15. The topological polar surface area (TPSA) is 0 Å². The Kier molecular flexibility index (Phi) is 7.03. The molecule has 1 rings (SSSR count). The minimum atomic E-state index is -2.47. The highest BCUT2D eigenvalue weighted by molar-refractivity contribution is 7.64. The van der Waals surface area contributed by atoms with Gasteiger partial charge in [0.05, 0.1) is 0 Å². The standard InChI is InChI=1S/C13H19Cl3Si/c1-2-3-4-5-6-8-12-9-7-10-13(12)11-17(14,15)16/h8,13H,4-7,9-11H2,1H3/b12-8+. The van der Waals surface area contributed by atoms with Gasteiger partial charge in [0.2, 0.25) is 0 Å². The van der Waals surface area contributed by atoms with E-state index >= 15 is 0 Å². The van der Waals surface area contributed by atoms with Crippen molar-refractivity contribution in [3.05, 3.63) is 11.6 Å². The van der Waals surface area contributed by atoms with Crippen LogP contribution < -0.4 is 0 Å². The van der Waals surface area contributed by atoms with E-state index in [-0.39, 0.29) is 0 Å². The molecule has 0 aromatic heterocycles. The summed E-state index contributed by atoms with van der Waals surface area (Å²) in [6, 6.07) is -1.68. The van der Waals surface area contributed by atoms with Gasteiger partial charge in [0, 0.05) is 6.42 Å². The van der Waals surface area contributed by atoms with Crippen LogP contribution in [-0.2, 0) is 0 Å². The smallest absolute Gasteiger partial charge is 0.126 e.